The van der Waals surface area contributed by atoms with Crippen LogP contribution in [0.4, 0.5) is 0 Å². The van der Waals surface area contributed by atoms with Crippen molar-refractivity contribution in [3.05, 3.63) is 59.7 Å². The van der Waals surface area contributed by atoms with E-state index in [2.05, 4.69) is 5.32 Å². The fourth-order valence-corrected chi connectivity index (χ4v) is 6.53. The van der Waals surface area contributed by atoms with Gasteiger partial charge in [0.25, 0.3) is 5.79 Å². The van der Waals surface area contributed by atoms with Gasteiger partial charge in [-0.1, -0.05) is 18.2 Å². The van der Waals surface area contributed by atoms with Crippen molar-refractivity contribution in [2.24, 2.45) is 0 Å². The zero-order valence-corrected chi connectivity index (χ0v) is 25.2. The first-order valence-electron chi connectivity index (χ1n) is 14.5. The van der Waals surface area contributed by atoms with E-state index in [1.807, 2.05) is 6.07 Å². The molecule has 0 radical (unpaired) electrons. The number of aromatic hydroxyl groups is 1. The number of nitrogens with one attached hydrogen (secondary N) is 1. The van der Waals surface area contributed by atoms with Crippen LogP contribution in [0.2, 0.25) is 0 Å². The second-order valence-electron chi connectivity index (χ2n) is 11.4. The van der Waals surface area contributed by atoms with Crippen LogP contribution in [-0.2, 0) is 9.53 Å². The molecule has 3 aromatic carbocycles. The maximum Gasteiger partial charge on any atom is 0.340 e. The zero-order valence-electron chi connectivity index (χ0n) is 25.2. The first kappa shape index (κ1) is 31.7. The topological polar surface area (TPSA) is 206 Å². The summed E-state index contributed by atoms with van der Waals surface area (Å²) in [5.74, 6) is -2.83. The number of carboxylic acids is 1. The third-order valence-corrected chi connectivity index (χ3v) is 8.76. The molecule has 6 rings (SSSR count). The number of hydrogen-bond acceptors (Lipinski definition) is 13. The van der Waals surface area contributed by atoms with Crippen molar-refractivity contribution < 1.29 is 63.9 Å². The lowest BCUT2D eigenvalue weighted by Gasteiger charge is -2.51. The van der Waals surface area contributed by atoms with Crippen molar-refractivity contribution in [3.8, 4) is 45.6 Å². The van der Waals surface area contributed by atoms with E-state index >= 15 is 0 Å². The van der Waals surface area contributed by atoms with Crippen LogP contribution in [0, 0.1) is 0 Å². The average molecular weight is 642 g/mol. The number of aliphatic hydroxyl groups excluding tert-OH is 4. The molecule has 3 aliphatic heterocycles. The minimum Gasteiger partial charge on any atom is -0.508 e. The summed E-state index contributed by atoms with van der Waals surface area (Å²) >= 11 is 0. The van der Waals surface area contributed by atoms with Crippen LogP contribution in [-0.4, -0.2) is 107 Å². The smallest absolute Gasteiger partial charge is 0.340 e. The van der Waals surface area contributed by atoms with E-state index in [1.165, 1.54) is 45.5 Å². The van der Waals surface area contributed by atoms with E-state index in [0.29, 0.717) is 39.7 Å². The van der Waals surface area contributed by atoms with Crippen LogP contribution in [0.25, 0.3) is 11.1 Å². The summed E-state index contributed by atoms with van der Waals surface area (Å²) in [5.41, 5.74) is -0.0546. The third kappa shape index (κ3) is 4.76. The van der Waals surface area contributed by atoms with Gasteiger partial charge in [0.2, 0.25) is 11.4 Å². The molecule has 14 heteroatoms. The molecule has 0 amide bonds. The summed E-state index contributed by atoms with van der Waals surface area (Å²) in [7, 11) is 4.45. The highest BCUT2D eigenvalue weighted by atomic mass is 16.7. The number of ether oxygens (including phenoxy) is 6. The van der Waals surface area contributed by atoms with Gasteiger partial charge in [-0.2, -0.15) is 0 Å². The van der Waals surface area contributed by atoms with Gasteiger partial charge >= 0.3 is 5.97 Å². The standard InChI is InChI=1S/C32H35NO13/c1-33-13-31(30(39)40)28(37)24(36)29(38)32(14-34,46-31)45-17-10-19(15-5-4-6-16(35)9-15)23-22(11-17)43-12-20-18-7-8-21(41-2)27(42-3)26(18)44-25(20)23/h4-11,20,24-25,28-29,33-38H,12-14H2,1-3H3,(H,39,40)/t20-,24+,25-,28+,29-,31-,32-/m1/s1. The molecule has 3 aliphatic rings. The Morgan fingerprint density at radius 2 is 1.85 bits per heavy atom. The van der Waals surface area contributed by atoms with Crippen molar-refractivity contribution >= 4 is 5.97 Å². The van der Waals surface area contributed by atoms with Gasteiger partial charge in [-0.3, -0.25) is 0 Å². The highest BCUT2D eigenvalue weighted by Gasteiger charge is 2.65. The highest BCUT2D eigenvalue weighted by molar-refractivity contribution is 5.79. The summed E-state index contributed by atoms with van der Waals surface area (Å²) in [5, 5.41) is 66.1. The second kappa shape index (κ2) is 11.8. The molecule has 7 atom stereocenters. The van der Waals surface area contributed by atoms with Crippen molar-refractivity contribution in [3.63, 3.8) is 0 Å². The summed E-state index contributed by atoms with van der Waals surface area (Å²) in [6, 6.07) is 13.1. The lowest BCUT2D eigenvalue weighted by atomic mass is 9.83. The van der Waals surface area contributed by atoms with Crippen molar-refractivity contribution in [2.45, 2.75) is 41.7 Å². The van der Waals surface area contributed by atoms with Gasteiger partial charge in [-0.15, -0.1) is 0 Å². The average Bonchev–Trinajstić information content (AvgIpc) is 3.44. The number of aliphatic carboxylic acids is 1. The van der Waals surface area contributed by atoms with Crippen LogP contribution in [0.15, 0.2) is 48.5 Å². The number of phenols is 1. The number of methoxy groups -OCH3 is 2. The fourth-order valence-electron chi connectivity index (χ4n) is 6.53. The van der Waals surface area contributed by atoms with E-state index in [-0.39, 0.29) is 24.0 Å². The second-order valence-corrected chi connectivity index (χ2v) is 11.4. The van der Waals surface area contributed by atoms with Crippen LogP contribution in [0.3, 0.4) is 0 Å². The third-order valence-electron chi connectivity index (χ3n) is 8.76. The van der Waals surface area contributed by atoms with E-state index in [1.54, 1.807) is 18.2 Å². The summed E-state index contributed by atoms with van der Waals surface area (Å²) in [6.07, 6.45) is -6.83. The Hall–Kier alpha value is -4.31. The maximum atomic E-state index is 12.4. The van der Waals surface area contributed by atoms with Crippen LogP contribution in [0.5, 0.6) is 34.5 Å². The lowest BCUT2D eigenvalue weighted by molar-refractivity contribution is -0.366. The number of benzene rings is 3. The maximum absolute atomic E-state index is 12.4. The van der Waals surface area contributed by atoms with E-state index in [9.17, 15) is 35.4 Å². The van der Waals surface area contributed by atoms with Gasteiger partial charge in [0.05, 0.1) is 26.7 Å². The Morgan fingerprint density at radius 3 is 2.50 bits per heavy atom. The van der Waals surface area contributed by atoms with Gasteiger partial charge in [-0.25, -0.2) is 4.79 Å². The van der Waals surface area contributed by atoms with Gasteiger partial charge in [-0.05, 0) is 42.4 Å². The number of aliphatic hydroxyl groups is 4. The minimum atomic E-state index is -2.54. The van der Waals surface area contributed by atoms with Crippen LogP contribution < -0.4 is 29.0 Å². The van der Waals surface area contributed by atoms with E-state index in [0.717, 1.165) is 5.56 Å². The van der Waals surface area contributed by atoms with Crippen LogP contribution in [0.1, 0.15) is 23.1 Å². The first-order chi connectivity index (χ1) is 22.0. The minimum absolute atomic E-state index is 0.0267. The molecule has 0 bridgehead atoms. The SMILES string of the molecule is CNC[C@@]1(C(=O)O)O[C@@](CO)(Oc2cc3c(c(-c4cccc(O)c4)c2)[C@@H]2Oc4c(ccc(OC)c4OC)[C@H]2CO3)[C@H](O)[C@@H](O)[C@@H]1O. The molecule has 3 heterocycles. The number of rotatable bonds is 9. The summed E-state index contributed by atoms with van der Waals surface area (Å²) in [4.78, 5) is 12.4. The molecule has 7 N–H and O–H groups in total. The number of likely N-dealkylation sites (N-methyl/N-ethyl adjacent to an activating group) is 1. The van der Waals surface area contributed by atoms with Gasteiger partial charge in [0.15, 0.2) is 17.6 Å². The number of phenolic OH excluding ortho intramolecular Hbond substituents is 1. The van der Waals surface area contributed by atoms with Crippen molar-refractivity contribution in [1.82, 2.24) is 5.32 Å². The van der Waals surface area contributed by atoms with E-state index in [4.69, 9.17) is 28.4 Å². The predicted molar refractivity (Wildman–Crippen MR) is 159 cm³/mol. The highest BCUT2D eigenvalue weighted by Crippen LogP contribution is 2.58. The molecule has 0 aliphatic carbocycles. The molecule has 0 unspecified atom stereocenters. The monoisotopic (exact) mass is 641 g/mol. The lowest BCUT2D eigenvalue weighted by Crippen LogP contribution is -2.76. The zero-order chi connectivity index (χ0) is 33.0. The molecule has 46 heavy (non-hydrogen) atoms. The van der Waals surface area contributed by atoms with Crippen molar-refractivity contribution in [2.75, 3.05) is 41.0 Å². The number of carboxylic acid groups (broad SMARTS) is 1. The molecular weight excluding hydrogens is 606 g/mol. The summed E-state index contributed by atoms with van der Waals surface area (Å²) in [6.45, 7) is -1.43. The molecule has 1 saturated heterocycles. The van der Waals surface area contributed by atoms with Gasteiger partial charge in [0.1, 0.15) is 42.2 Å². The molecular formula is C32H35NO13. The Balaban J connectivity index is 1.48. The summed E-state index contributed by atoms with van der Waals surface area (Å²) < 4.78 is 35.7. The Morgan fingerprint density at radius 1 is 1.07 bits per heavy atom. The van der Waals surface area contributed by atoms with Gasteiger partial charge < -0.3 is 64.4 Å². The molecule has 0 spiro atoms. The largest absolute Gasteiger partial charge is 0.508 e. The van der Waals surface area contributed by atoms with Gasteiger partial charge in [0, 0.05) is 23.7 Å². The Kier molecular flexibility index (Phi) is 8.13. The Labute approximate surface area is 263 Å². The van der Waals surface area contributed by atoms with E-state index < -0.39 is 54.9 Å². The van der Waals surface area contributed by atoms with Crippen LogP contribution >= 0.6 is 0 Å². The van der Waals surface area contributed by atoms with Crippen molar-refractivity contribution in [1.29, 1.82) is 0 Å². The number of carbonyl (C=O) groups is 1. The Bertz CT molecular complexity index is 1650. The molecule has 14 nitrogen and oxygen atoms in total. The number of hydrogen-bond donors (Lipinski definition) is 7. The normalized spacial score (nSPS) is 29.4. The molecule has 246 valence electrons. The molecule has 0 saturated carbocycles. The molecule has 3 aromatic rings. The number of fused-ring (bicyclic) bond motifs is 5. The predicted octanol–water partition coefficient (Wildman–Crippen LogP) is 0.909. The first-order valence-corrected chi connectivity index (χ1v) is 14.5. The quantitative estimate of drug-likeness (QED) is 0.174. The fraction of sp³-hybridized carbons (Fsp3) is 0.406. The molecule has 0 aromatic heterocycles. The molecule has 1 fully saturated rings.